The van der Waals surface area contributed by atoms with Crippen LogP contribution in [0.3, 0.4) is 0 Å². The van der Waals surface area contributed by atoms with Gasteiger partial charge in [0.15, 0.2) is 0 Å². The lowest BCUT2D eigenvalue weighted by Gasteiger charge is -2.15. The normalized spacial score (nSPS) is 14.7. The first-order chi connectivity index (χ1) is 11.9. The smallest absolute Gasteiger partial charge is 0.251 e. The zero-order chi connectivity index (χ0) is 18.0. The van der Waals surface area contributed by atoms with E-state index < -0.39 is 17.7 Å². The molecule has 0 aromatic heterocycles. The zero-order valence-corrected chi connectivity index (χ0v) is 13.7. The maximum atomic E-state index is 13.8. The summed E-state index contributed by atoms with van der Waals surface area (Å²) in [4.78, 5) is 24.0. The molecule has 3 rings (SSSR count). The predicted molar refractivity (Wildman–Crippen MR) is 90.0 cm³/mol. The van der Waals surface area contributed by atoms with Gasteiger partial charge in [-0.25, -0.2) is 8.78 Å². The number of anilines is 1. The van der Waals surface area contributed by atoms with Crippen LogP contribution >= 0.6 is 0 Å². The quantitative estimate of drug-likeness (QED) is 0.867. The van der Waals surface area contributed by atoms with E-state index in [9.17, 15) is 18.4 Å². The summed E-state index contributed by atoms with van der Waals surface area (Å²) in [6.45, 7) is 1.62. The van der Waals surface area contributed by atoms with E-state index in [1.54, 1.807) is 31.2 Å². The molecule has 1 aliphatic rings. The average Bonchev–Trinajstić information content (AvgIpc) is 3.40. The van der Waals surface area contributed by atoms with Crippen molar-refractivity contribution in [1.82, 2.24) is 5.32 Å². The molecule has 130 valence electrons. The van der Waals surface area contributed by atoms with Gasteiger partial charge < -0.3 is 10.6 Å². The van der Waals surface area contributed by atoms with Crippen LogP contribution in [0.2, 0.25) is 0 Å². The van der Waals surface area contributed by atoms with Crippen LogP contribution in [0.25, 0.3) is 0 Å². The van der Waals surface area contributed by atoms with Gasteiger partial charge >= 0.3 is 0 Å². The summed E-state index contributed by atoms with van der Waals surface area (Å²) in [5.41, 5.74) is 1.23. The van der Waals surface area contributed by atoms with E-state index in [-0.39, 0.29) is 23.3 Å². The topological polar surface area (TPSA) is 58.2 Å². The molecule has 2 aromatic carbocycles. The highest BCUT2D eigenvalue weighted by molar-refractivity contribution is 5.96. The minimum absolute atomic E-state index is 0.00221. The van der Waals surface area contributed by atoms with Gasteiger partial charge in [0.2, 0.25) is 5.91 Å². The second kappa shape index (κ2) is 7.01. The Labute approximate surface area is 144 Å². The van der Waals surface area contributed by atoms with Crippen molar-refractivity contribution in [1.29, 1.82) is 0 Å². The largest absolute Gasteiger partial charge is 0.345 e. The molecule has 1 saturated carbocycles. The van der Waals surface area contributed by atoms with Gasteiger partial charge in [0, 0.05) is 28.8 Å². The Morgan fingerprint density at radius 1 is 1.08 bits per heavy atom. The van der Waals surface area contributed by atoms with Gasteiger partial charge in [-0.3, -0.25) is 9.59 Å². The van der Waals surface area contributed by atoms with E-state index in [1.165, 1.54) is 6.07 Å². The molecular formula is C19H18F2N2O2. The van der Waals surface area contributed by atoms with Crippen molar-refractivity contribution < 1.29 is 18.4 Å². The Kier molecular flexibility index (Phi) is 4.79. The number of benzene rings is 2. The summed E-state index contributed by atoms with van der Waals surface area (Å²) in [5.74, 6) is -1.64. The molecule has 0 bridgehead atoms. The van der Waals surface area contributed by atoms with Crippen molar-refractivity contribution >= 4 is 17.5 Å². The van der Waals surface area contributed by atoms with Crippen LogP contribution in [0, 0.1) is 17.6 Å². The lowest BCUT2D eigenvalue weighted by atomic mass is 10.1. The summed E-state index contributed by atoms with van der Waals surface area (Å²) in [6.07, 6.45) is 1.84. The molecule has 4 nitrogen and oxygen atoms in total. The molecule has 0 saturated heterocycles. The SMILES string of the molecule is C[C@H](NC(=O)c1ccc(NC(=O)C2CC2)cc1)c1ccc(F)cc1F. The third-order valence-electron chi connectivity index (χ3n) is 4.14. The maximum absolute atomic E-state index is 13.8. The van der Waals surface area contributed by atoms with Crippen LogP contribution in [0.1, 0.15) is 41.7 Å². The molecule has 0 unspecified atom stereocenters. The second-order valence-electron chi connectivity index (χ2n) is 6.20. The van der Waals surface area contributed by atoms with Gasteiger partial charge in [0.05, 0.1) is 6.04 Å². The molecular weight excluding hydrogens is 326 g/mol. The fourth-order valence-electron chi connectivity index (χ4n) is 2.51. The molecule has 2 aromatic rings. The Bertz CT molecular complexity index is 802. The van der Waals surface area contributed by atoms with Crippen molar-refractivity contribution in [2.45, 2.75) is 25.8 Å². The number of nitrogens with one attached hydrogen (secondary N) is 2. The highest BCUT2D eigenvalue weighted by Gasteiger charge is 2.29. The molecule has 2 N–H and O–H groups in total. The summed E-state index contributed by atoms with van der Waals surface area (Å²) >= 11 is 0. The molecule has 2 amide bonds. The van der Waals surface area contributed by atoms with Crippen molar-refractivity contribution in [2.75, 3.05) is 5.32 Å². The van der Waals surface area contributed by atoms with Crippen molar-refractivity contribution in [3.63, 3.8) is 0 Å². The second-order valence-corrected chi connectivity index (χ2v) is 6.20. The van der Waals surface area contributed by atoms with Crippen LogP contribution in [-0.2, 0) is 4.79 Å². The number of carbonyl (C=O) groups excluding carboxylic acids is 2. The van der Waals surface area contributed by atoms with Crippen LogP contribution in [-0.4, -0.2) is 11.8 Å². The number of hydrogen-bond acceptors (Lipinski definition) is 2. The maximum Gasteiger partial charge on any atom is 0.251 e. The lowest BCUT2D eigenvalue weighted by molar-refractivity contribution is -0.117. The number of hydrogen-bond donors (Lipinski definition) is 2. The van der Waals surface area contributed by atoms with E-state index in [0.717, 1.165) is 25.0 Å². The number of carbonyl (C=O) groups is 2. The molecule has 25 heavy (non-hydrogen) atoms. The Morgan fingerprint density at radius 3 is 2.36 bits per heavy atom. The molecule has 6 heteroatoms. The highest BCUT2D eigenvalue weighted by Crippen LogP contribution is 2.30. The van der Waals surface area contributed by atoms with Gasteiger partial charge in [0.25, 0.3) is 5.91 Å². The van der Waals surface area contributed by atoms with E-state index in [0.29, 0.717) is 11.3 Å². The molecule has 0 radical (unpaired) electrons. The number of rotatable bonds is 5. The van der Waals surface area contributed by atoms with Gasteiger partial charge in [0.1, 0.15) is 11.6 Å². The minimum Gasteiger partial charge on any atom is -0.345 e. The van der Waals surface area contributed by atoms with Crippen LogP contribution in [0.4, 0.5) is 14.5 Å². The average molecular weight is 344 g/mol. The van der Waals surface area contributed by atoms with Crippen LogP contribution in [0.5, 0.6) is 0 Å². The van der Waals surface area contributed by atoms with Gasteiger partial charge in [-0.2, -0.15) is 0 Å². The Balaban J connectivity index is 1.63. The molecule has 1 atom stereocenters. The van der Waals surface area contributed by atoms with Crippen molar-refractivity contribution in [3.05, 3.63) is 65.2 Å². The summed E-state index contributed by atoms with van der Waals surface area (Å²) < 4.78 is 26.7. The van der Waals surface area contributed by atoms with E-state index in [1.807, 2.05) is 0 Å². The molecule has 1 fully saturated rings. The number of amides is 2. The monoisotopic (exact) mass is 344 g/mol. The molecule has 1 aliphatic carbocycles. The first kappa shape index (κ1) is 17.1. The highest BCUT2D eigenvalue weighted by atomic mass is 19.1. The van der Waals surface area contributed by atoms with Crippen molar-refractivity contribution in [2.24, 2.45) is 5.92 Å². The molecule has 0 heterocycles. The van der Waals surface area contributed by atoms with E-state index in [2.05, 4.69) is 10.6 Å². The van der Waals surface area contributed by atoms with Crippen molar-refractivity contribution in [3.8, 4) is 0 Å². The third kappa shape index (κ3) is 4.21. The first-order valence-corrected chi connectivity index (χ1v) is 8.11. The summed E-state index contributed by atoms with van der Waals surface area (Å²) in [6, 6.07) is 9.12. The third-order valence-corrected chi connectivity index (χ3v) is 4.14. The zero-order valence-electron chi connectivity index (χ0n) is 13.7. The fraction of sp³-hybridized carbons (Fsp3) is 0.263. The predicted octanol–water partition coefficient (Wildman–Crippen LogP) is 3.80. The van der Waals surface area contributed by atoms with Gasteiger partial charge in [-0.1, -0.05) is 6.07 Å². The molecule has 0 spiro atoms. The standard InChI is InChI=1S/C19H18F2N2O2/c1-11(16-9-6-14(20)10-17(16)21)22-18(24)13-4-7-15(8-5-13)23-19(25)12-2-3-12/h4-12H,2-3H2,1H3,(H,22,24)(H,23,25)/t11-/m0/s1. The minimum atomic E-state index is -0.703. The lowest BCUT2D eigenvalue weighted by Crippen LogP contribution is -2.27. The van der Waals surface area contributed by atoms with Crippen LogP contribution in [0.15, 0.2) is 42.5 Å². The Hall–Kier alpha value is -2.76. The van der Waals surface area contributed by atoms with Gasteiger partial charge in [-0.15, -0.1) is 0 Å². The Morgan fingerprint density at radius 2 is 1.76 bits per heavy atom. The van der Waals surface area contributed by atoms with Gasteiger partial charge in [-0.05, 0) is 50.1 Å². The fourth-order valence-corrected chi connectivity index (χ4v) is 2.51. The molecule has 0 aliphatic heterocycles. The van der Waals surface area contributed by atoms with E-state index >= 15 is 0 Å². The summed E-state index contributed by atoms with van der Waals surface area (Å²) in [7, 11) is 0. The van der Waals surface area contributed by atoms with Crippen LogP contribution < -0.4 is 10.6 Å². The first-order valence-electron chi connectivity index (χ1n) is 8.11. The number of halogens is 2. The van der Waals surface area contributed by atoms with E-state index in [4.69, 9.17) is 0 Å². The summed E-state index contributed by atoms with van der Waals surface area (Å²) in [5, 5.41) is 5.47.